The number of benzene rings is 1. The molecule has 2 rings (SSSR count). The first-order valence-electron chi connectivity index (χ1n) is 5.42. The maximum Gasteiger partial charge on any atom is 0.137 e. The molecule has 0 aromatic heterocycles. The van der Waals surface area contributed by atoms with Gasteiger partial charge in [0, 0.05) is 0 Å². The smallest absolute Gasteiger partial charge is 0.137 e. The number of nitrogens with zero attached hydrogens (tertiary/aromatic N) is 1. The highest BCUT2D eigenvalue weighted by atomic mass is 35.5. The fourth-order valence-electron chi connectivity index (χ4n) is 2.34. The molecule has 1 fully saturated rings. The Kier molecular flexibility index (Phi) is 2.59. The van der Waals surface area contributed by atoms with Gasteiger partial charge in [-0.15, -0.1) is 0 Å². The molecule has 16 heavy (non-hydrogen) atoms. The summed E-state index contributed by atoms with van der Waals surface area (Å²) in [7, 11) is 0. The normalized spacial score (nSPS) is 17.6. The zero-order valence-corrected chi connectivity index (χ0v) is 10.2. The first-order chi connectivity index (χ1) is 7.52. The van der Waals surface area contributed by atoms with Gasteiger partial charge in [-0.3, -0.25) is 0 Å². The zero-order chi connectivity index (χ0) is 11.9. The van der Waals surface area contributed by atoms with Crippen LogP contribution in [-0.4, -0.2) is 5.11 Å². The summed E-state index contributed by atoms with van der Waals surface area (Å²) < 4.78 is 0. The lowest BCUT2D eigenvalue weighted by molar-refractivity contribution is 0.321. The molecular weight excluding hydrogens is 222 g/mol. The van der Waals surface area contributed by atoms with Gasteiger partial charge in [-0.25, -0.2) is 0 Å². The molecule has 0 amide bonds. The fourth-order valence-corrected chi connectivity index (χ4v) is 2.53. The minimum atomic E-state index is -0.392. The van der Waals surface area contributed by atoms with E-state index in [4.69, 9.17) is 11.6 Å². The summed E-state index contributed by atoms with van der Waals surface area (Å²) in [5, 5.41) is 19.6. The summed E-state index contributed by atoms with van der Waals surface area (Å²) in [6.07, 6.45) is 2.84. The van der Waals surface area contributed by atoms with Crippen LogP contribution in [0.3, 0.4) is 0 Å². The van der Waals surface area contributed by atoms with Crippen LogP contribution >= 0.6 is 11.6 Å². The number of halogens is 1. The molecule has 2 nitrogen and oxygen atoms in total. The van der Waals surface area contributed by atoms with E-state index in [0.717, 1.165) is 36.0 Å². The minimum Gasteiger partial charge on any atom is -0.506 e. The average Bonchev–Trinajstić information content (AvgIpc) is 2.21. The number of phenolic OH excluding ortho intramolecular Hbond substituents is 1. The molecule has 0 spiro atoms. The second-order valence-electron chi connectivity index (χ2n) is 4.58. The van der Waals surface area contributed by atoms with Crippen molar-refractivity contribution in [3.8, 4) is 11.8 Å². The predicted octanol–water partition coefficient (Wildman–Crippen LogP) is 3.61. The quantitative estimate of drug-likeness (QED) is 0.808. The molecule has 0 saturated heterocycles. The molecule has 84 valence electrons. The van der Waals surface area contributed by atoms with E-state index in [0.29, 0.717) is 5.02 Å². The molecule has 0 bridgehead atoms. The number of aromatic hydroxyl groups is 1. The summed E-state index contributed by atoms with van der Waals surface area (Å²) in [6, 6.07) is 4.34. The van der Waals surface area contributed by atoms with Crippen molar-refractivity contribution in [1.29, 1.82) is 5.26 Å². The van der Waals surface area contributed by atoms with Crippen LogP contribution in [0, 0.1) is 25.2 Å². The lowest BCUT2D eigenvalue weighted by Gasteiger charge is -2.37. The Bertz CT molecular complexity index is 484. The van der Waals surface area contributed by atoms with Crippen LogP contribution in [0.1, 0.15) is 36.0 Å². The molecular formula is C13H14ClNO. The standard InChI is InChI=1S/C13H14ClNO/c1-8-6-10(9(2)12(16)11(8)14)13(7-15)4-3-5-13/h6,16H,3-5H2,1-2H3. The molecule has 0 aliphatic heterocycles. The highest BCUT2D eigenvalue weighted by Gasteiger charge is 2.40. The third-order valence-electron chi connectivity index (χ3n) is 3.61. The lowest BCUT2D eigenvalue weighted by Crippen LogP contribution is -2.33. The Morgan fingerprint density at radius 3 is 2.50 bits per heavy atom. The van der Waals surface area contributed by atoms with E-state index < -0.39 is 5.41 Å². The average molecular weight is 236 g/mol. The second kappa shape index (κ2) is 3.68. The van der Waals surface area contributed by atoms with Gasteiger partial charge >= 0.3 is 0 Å². The molecule has 1 N–H and O–H groups in total. The van der Waals surface area contributed by atoms with Crippen LogP contribution in [0.25, 0.3) is 0 Å². The summed E-state index contributed by atoms with van der Waals surface area (Å²) in [5.41, 5.74) is 2.13. The largest absolute Gasteiger partial charge is 0.506 e. The zero-order valence-electron chi connectivity index (χ0n) is 9.47. The third kappa shape index (κ3) is 1.39. The van der Waals surface area contributed by atoms with Gasteiger partial charge in [0.25, 0.3) is 0 Å². The molecule has 1 aromatic rings. The maximum atomic E-state index is 9.91. The lowest BCUT2D eigenvalue weighted by atomic mass is 9.64. The van der Waals surface area contributed by atoms with Crippen molar-refractivity contribution in [1.82, 2.24) is 0 Å². The van der Waals surface area contributed by atoms with Crippen molar-refractivity contribution in [3.05, 3.63) is 27.8 Å². The van der Waals surface area contributed by atoms with Crippen molar-refractivity contribution >= 4 is 11.6 Å². The Morgan fingerprint density at radius 2 is 2.06 bits per heavy atom. The molecule has 0 unspecified atom stereocenters. The van der Waals surface area contributed by atoms with Crippen LogP contribution in [-0.2, 0) is 5.41 Å². The first-order valence-corrected chi connectivity index (χ1v) is 5.80. The van der Waals surface area contributed by atoms with Gasteiger partial charge in [0.1, 0.15) is 5.75 Å². The Hall–Kier alpha value is -1.20. The van der Waals surface area contributed by atoms with Gasteiger partial charge in [-0.05, 0) is 49.8 Å². The van der Waals surface area contributed by atoms with Crippen molar-refractivity contribution in [3.63, 3.8) is 0 Å². The third-order valence-corrected chi connectivity index (χ3v) is 4.09. The van der Waals surface area contributed by atoms with E-state index in [1.807, 2.05) is 19.9 Å². The molecule has 0 atom stereocenters. The van der Waals surface area contributed by atoms with Gasteiger partial charge in [0.05, 0.1) is 16.5 Å². The second-order valence-corrected chi connectivity index (χ2v) is 4.95. The van der Waals surface area contributed by atoms with Crippen molar-refractivity contribution in [2.45, 2.75) is 38.5 Å². The van der Waals surface area contributed by atoms with E-state index in [2.05, 4.69) is 6.07 Å². The van der Waals surface area contributed by atoms with Gasteiger partial charge < -0.3 is 5.11 Å². The van der Waals surface area contributed by atoms with E-state index in [1.54, 1.807) is 0 Å². The first kappa shape index (κ1) is 11.3. The molecule has 1 aromatic carbocycles. The molecule has 3 heteroatoms. The molecule has 1 saturated carbocycles. The highest BCUT2D eigenvalue weighted by molar-refractivity contribution is 6.32. The number of hydrogen-bond donors (Lipinski definition) is 1. The van der Waals surface area contributed by atoms with Crippen LogP contribution in [0.4, 0.5) is 0 Å². The topological polar surface area (TPSA) is 44.0 Å². The van der Waals surface area contributed by atoms with Gasteiger partial charge in [-0.1, -0.05) is 17.7 Å². The molecule has 1 aliphatic rings. The monoisotopic (exact) mass is 235 g/mol. The number of hydrogen-bond acceptors (Lipinski definition) is 2. The number of nitriles is 1. The number of aryl methyl sites for hydroxylation is 1. The van der Waals surface area contributed by atoms with Crippen LogP contribution < -0.4 is 0 Å². The van der Waals surface area contributed by atoms with Gasteiger partial charge in [0.2, 0.25) is 0 Å². The van der Waals surface area contributed by atoms with Crippen LogP contribution in [0.2, 0.25) is 5.02 Å². The summed E-state index contributed by atoms with van der Waals surface area (Å²) in [4.78, 5) is 0. The molecule has 0 heterocycles. The fraction of sp³-hybridized carbons (Fsp3) is 0.462. The Morgan fingerprint density at radius 1 is 1.44 bits per heavy atom. The van der Waals surface area contributed by atoms with Crippen LogP contribution in [0.15, 0.2) is 6.07 Å². The van der Waals surface area contributed by atoms with E-state index in [9.17, 15) is 10.4 Å². The predicted molar refractivity (Wildman–Crippen MR) is 63.7 cm³/mol. The van der Waals surface area contributed by atoms with E-state index in [-0.39, 0.29) is 5.75 Å². The van der Waals surface area contributed by atoms with Crippen molar-refractivity contribution in [2.24, 2.45) is 0 Å². The SMILES string of the molecule is Cc1cc(C2(C#N)CCC2)c(C)c(O)c1Cl. The summed E-state index contributed by atoms with van der Waals surface area (Å²) in [6.45, 7) is 3.68. The van der Waals surface area contributed by atoms with Gasteiger partial charge in [-0.2, -0.15) is 5.26 Å². The minimum absolute atomic E-state index is 0.123. The van der Waals surface area contributed by atoms with E-state index >= 15 is 0 Å². The van der Waals surface area contributed by atoms with Crippen LogP contribution in [0.5, 0.6) is 5.75 Å². The van der Waals surface area contributed by atoms with Crippen molar-refractivity contribution < 1.29 is 5.11 Å². The molecule has 1 aliphatic carbocycles. The van der Waals surface area contributed by atoms with Crippen molar-refractivity contribution in [2.75, 3.05) is 0 Å². The Balaban J connectivity index is 2.63. The summed E-state index contributed by atoms with van der Waals surface area (Å²) >= 11 is 5.98. The highest BCUT2D eigenvalue weighted by Crippen LogP contribution is 2.47. The Labute approximate surface area is 100 Å². The maximum absolute atomic E-state index is 9.91. The number of rotatable bonds is 1. The van der Waals surface area contributed by atoms with Gasteiger partial charge in [0.15, 0.2) is 0 Å². The van der Waals surface area contributed by atoms with E-state index in [1.165, 1.54) is 0 Å². The summed E-state index contributed by atoms with van der Waals surface area (Å²) in [5.74, 6) is 0.123. The molecule has 0 radical (unpaired) electrons. The number of phenols is 1.